The van der Waals surface area contributed by atoms with E-state index in [-0.39, 0.29) is 29.7 Å². The number of halogens is 6. The lowest BCUT2D eigenvalue weighted by Gasteiger charge is -2.38. The lowest BCUT2D eigenvalue weighted by Crippen LogP contribution is -2.55. The maximum absolute atomic E-state index is 15.3. The summed E-state index contributed by atoms with van der Waals surface area (Å²) < 4.78 is 91.9. The van der Waals surface area contributed by atoms with Gasteiger partial charge < -0.3 is 4.90 Å². The molecule has 2 amide bonds. The second-order valence-electron chi connectivity index (χ2n) is 16.3. The van der Waals surface area contributed by atoms with Gasteiger partial charge in [-0.1, -0.05) is 91.0 Å². The normalized spacial score (nSPS) is 15.7. The second kappa shape index (κ2) is 13.9. The molecule has 312 valence electrons. The number of nitrogens with zero attached hydrogens (tertiary/aromatic N) is 2. The average molecular weight is 843 g/mol. The third-order valence-electron chi connectivity index (χ3n) is 12.7. The summed E-state index contributed by atoms with van der Waals surface area (Å²) in [6.45, 7) is 3.72. The largest absolute Gasteiger partial charge is 0.411 e. The van der Waals surface area contributed by atoms with Crippen molar-refractivity contribution in [2.75, 3.05) is 23.9 Å². The molecule has 0 unspecified atom stereocenters. The highest BCUT2D eigenvalue weighted by molar-refractivity contribution is 6.34. The number of anilines is 2. The Morgan fingerprint density at radius 1 is 0.516 bits per heavy atom. The zero-order valence-electron chi connectivity index (χ0n) is 33.8. The van der Waals surface area contributed by atoms with Crippen LogP contribution in [-0.2, 0) is 10.8 Å². The predicted octanol–water partition coefficient (Wildman–Crippen LogP) is 11.1. The fourth-order valence-electron chi connectivity index (χ4n) is 9.98. The van der Waals surface area contributed by atoms with Crippen molar-refractivity contribution in [2.24, 2.45) is 0 Å². The van der Waals surface area contributed by atoms with Gasteiger partial charge in [-0.2, -0.15) is 26.3 Å². The van der Waals surface area contributed by atoms with Crippen LogP contribution in [0.1, 0.15) is 98.8 Å². The number of imide groups is 1. The van der Waals surface area contributed by atoms with Gasteiger partial charge in [0.2, 0.25) is 5.41 Å². The lowest BCUT2D eigenvalue weighted by molar-refractivity contribution is -0.288. The first-order valence-electron chi connectivity index (χ1n) is 19.8. The van der Waals surface area contributed by atoms with E-state index in [4.69, 9.17) is 0 Å². The van der Waals surface area contributed by atoms with Crippen molar-refractivity contribution in [1.29, 1.82) is 0 Å². The number of carbonyl (C=O) groups excluding carboxylic acids is 4. The Bertz CT molecular complexity index is 2890. The van der Waals surface area contributed by atoms with Crippen molar-refractivity contribution in [3.05, 3.63) is 188 Å². The van der Waals surface area contributed by atoms with Crippen LogP contribution < -0.4 is 9.80 Å². The van der Waals surface area contributed by atoms with Crippen LogP contribution in [0.5, 0.6) is 0 Å². The number of fused-ring (bicyclic) bond motifs is 5. The van der Waals surface area contributed by atoms with Crippen LogP contribution in [0.15, 0.2) is 121 Å². The summed E-state index contributed by atoms with van der Waals surface area (Å²) in [6.07, 6.45) is -12.7. The Morgan fingerprint density at radius 3 is 1.53 bits per heavy atom. The highest BCUT2D eigenvalue weighted by Gasteiger charge is 2.73. The number of Topliss-reactive ketones (excluding diaryl/α,β-unsaturated/α-hetero) is 2. The molecule has 0 N–H and O–H groups in total. The molecule has 0 atom stereocenters. The smallest absolute Gasteiger partial charge is 0.377 e. The molecule has 6 aromatic carbocycles. The van der Waals surface area contributed by atoms with Crippen molar-refractivity contribution in [3.8, 4) is 11.1 Å². The Labute approximate surface area is 352 Å². The number of ketones is 2. The van der Waals surface area contributed by atoms with E-state index in [1.807, 2.05) is 56.3 Å². The molecule has 1 heterocycles. The molecule has 0 saturated heterocycles. The van der Waals surface area contributed by atoms with Gasteiger partial charge in [-0.3, -0.25) is 19.2 Å². The van der Waals surface area contributed by atoms with Gasteiger partial charge in [-0.25, -0.2) is 4.90 Å². The maximum Gasteiger partial charge on any atom is 0.411 e. The van der Waals surface area contributed by atoms with Crippen molar-refractivity contribution in [1.82, 2.24) is 0 Å². The maximum atomic E-state index is 15.3. The monoisotopic (exact) mass is 842 g/mol. The van der Waals surface area contributed by atoms with Gasteiger partial charge in [0.1, 0.15) is 0 Å². The summed E-state index contributed by atoms with van der Waals surface area (Å²) >= 11 is 0. The van der Waals surface area contributed by atoms with Crippen LogP contribution in [0.25, 0.3) is 11.1 Å². The number of hydrogen-bond donors (Lipinski definition) is 0. The summed E-state index contributed by atoms with van der Waals surface area (Å²) in [4.78, 5) is 56.3. The van der Waals surface area contributed by atoms with E-state index in [9.17, 15) is 19.2 Å². The topological polar surface area (TPSA) is 74.8 Å². The number of hydrogen-bond acceptors (Lipinski definition) is 5. The summed E-state index contributed by atoms with van der Waals surface area (Å²) in [5.74, 6) is -3.37. The Balaban J connectivity index is 1.18. The summed E-state index contributed by atoms with van der Waals surface area (Å²) in [5.41, 5.74) is -1.72. The van der Waals surface area contributed by atoms with E-state index in [2.05, 4.69) is 42.5 Å². The molecule has 0 spiro atoms. The van der Waals surface area contributed by atoms with Crippen molar-refractivity contribution in [2.45, 2.75) is 49.9 Å². The first-order valence-corrected chi connectivity index (χ1v) is 19.8. The van der Waals surface area contributed by atoms with E-state index in [0.29, 0.717) is 29.8 Å². The zero-order chi connectivity index (χ0) is 44.3. The van der Waals surface area contributed by atoms with Gasteiger partial charge >= 0.3 is 12.4 Å². The Morgan fingerprint density at radius 2 is 1.00 bits per heavy atom. The summed E-state index contributed by atoms with van der Waals surface area (Å²) in [5, 5.41) is 0. The molecule has 6 aromatic rings. The molecule has 0 bridgehead atoms. The minimum atomic E-state index is -6.06. The van der Waals surface area contributed by atoms with Crippen molar-refractivity contribution >= 4 is 34.8 Å². The minimum absolute atomic E-state index is 0.103. The standard InChI is InChI=1S/C50H36F6N2O4/c1-27-23-29(15-19-41(27)57(3)4)47(39-11-7-5-9-33(39)34-10-6-8-12-40(34)47)30-16-20-42(28(2)24-30)58-45(61)36-18-14-32(26-38(36)46(58)62)48(49(51,52)53,50(54,55)56)31-13-17-35-37(25-31)44(60)22-21-43(35)59/h5-20,23-26H,21-22H2,1-4H3. The molecule has 6 nitrogen and oxygen atoms in total. The lowest BCUT2D eigenvalue weighted by atomic mass is 9.67. The summed E-state index contributed by atoms with van der Waals surface area (Å²) in [7, 11) is 3.93. The number of benzene rings is 6. The number of amides is 2. The molecular formula is C50H36F6N2O4. The third-order valence-corrected chi connectivity index (χ3v) is 12.7. The van der Waals surface area contributed by atoms with E-state index < -0.39 is 68.8 Å². The molecule has 2 aliphatic carbocycles. The summed E-state index contributed by atoms with van der Waals surface area (Å²) in [6, 6.07) is 31.3. The average Bonchev–Trinajstić information content (AvgIpc) is 3.66. The fourth-order valence-corrected chi connectivity index (χ4v) is 9.98. The molecule has 3 aliphatic rings. The number of rotatable bonds is 6. The first kappa shape index (κ1) is 40.6. The van der Waals surface area contributed by atoms with Crippen LogP contribution in [0.2, 0.25) is 0 Å². The van der Waals surface area contributed by atoms with Gasteiger partial charge in [-0.05, 0) is 99.8 Å². The zero-order valence-corrected chi connectivity index (χ0v) is 33.8. The van der Waals surface area contributed by atoms with Crippen LogP contribution in [0.4, 0.5) is 37.7 Å². The Kier molecular flexibility index (Phi) is 9.07. The number of alkyl halides is 6. The van der Waals surface area contributed by atoms with Gasteiger partial charge in [0.15, 0.2) is 11.6 Å². The second-order valence-corrected chi connectivity index (χ2v) is 16.3. The molecule has 0 saturated carbocycles. The Hall–Kier alpha value is -6.82. The molecule has 1 aliphatic heterocycles. The van der Waals surface area contributed by atoms with E-state index >= 15 is 26.3 Å². The van der Waals surface area contributed by atoms with Gasteiger partial charge in [0, 0.05) is 43.8 Å². The van der Waals surface area contributed by atoms with E-state index in [1.165, 1.54) is 0 Å². The molecule has 62 heavy (non-hydrogen) atoms. The SMILES string of the molecule is Cc1cc(C2(c3ccc(N4C(=O)c5ccc(C(c6ccc7c(c6)C(=O)CCC7=O)(C(F)(F)F)C(F)(F)F)cc5C4=O)c(C)c3)c3ccccc3-c3ccccc32)ccc1N(C)C. The number of carbonyl (C=O) groups is 4. The van der Waals surface area contributed by atoms with Crippen molar-refractivity contribution in [3.63, 3.8) is 0 Å². The van der Waals surface area contributed by atoms with Crippen molar-refractivity contribution < 1.29 is 45.5 Å². The molecule has 0 fully saturated rings. The molecular weight excluding hydrogens is 807 g/mol. The van der Waals surface area contributed by atoms with Crippen LogP contribution >= 0.6 is 0 Å². The van der Waals surface area contributed by atoms with Gasteiger partial charge in [0.25, 0.3) is 11.8 Å². The van der Waals surface area contributed by atoms with E-state index in [0.717, 1.165) is 61.7 Å². The quantitative estimate of drug-likeness (QED) is 0.123. The van der Waals surface area contributed by atoms with Crippen LogP contribution in [0.3, 0.4) is 0 Å². The van der Waals surface area contributed by atoms with Gasteiger partial charge in [-0.15, -0.1) is 0 Å². The van der Waals surface area contributed by atoms with E-state index in [1.54, 1.807) is 19.1 Å². The first-order chi connectivity index (χ1) is 29.3. The highest BCUT2D eigenvalue weighted by atomic mass is 19.4. The molecule has 9 rings (SSSR count). The van der Waals surface area contributed by atoms with Crippen LogP contribution in [-0.4, -0.2) is 49.8 Å². The van der Waals surface area contributed by atoms with Crippen LogP contribution in [0, 0.1) is 13.8 Å². The molecule has 0 radical (unpaired) electrons. The predicted molar refractivity (Wildman–Crippen MR) is 222 cm³/mol. The number of aryl methyl sites for hydroxylation is 2. The van der Waals surface area contributed by atoms with Gasteiger partial charge in [0.05, 0.1) is 22.2 Å². The highest BCUT2D eigenvalue weighted by Crippen LogP contribution is 2.58. The molecule has 12 heteroatoms. The third kappa shape index (κ3) is 5.51. The molecule has 0 aromatic heterocycles. The minimum Gasteiger partial charge on any atom is -0.377 e. The fraction of sp³-hybridized carbons (Fsp3) is 0.200.